The highest BCUT2D eigenvalue weighted by molar-refractivity contribution is 7.92. The summed E-state index contributed by atoms with van der Waals surface area (Å²) in [6.45, 7) is 1.54. The summed E-state index contributed by atoms with van der Waals surface area (Å²) in [5, 5.41) is 0. The lowest BCUT2D eigenvalue weighted by molar-refractivity contribution is 0.188. The van der Waals surface area contributed by atoms with Crippen molar-refractivity contribution >= 4 is 15.7 Å². The maximum Gasteiger partial charge on any atom is 0.235 e. The van der Waals surface area contributed by atoms with Crippen molar-refractivity contribution in [2.24, 2.45) is 5.92 Å². The fourth-order valence-corrected chi connectivity index (χ4v) is 5.98. The Bertz CT molecular complexity index is 693. The van der Waals surface area contributed by atoms with E-state index in [4.69, 9.17) is 4.74 Å². The van der Waals surface area contributed by atoms with E-state index >= 15 is 0 Å². The lowest BCUT2D eigenvalue weighted by atomic mass is 9.65. The molecule has 2 aliphatic heterocycles. The predicted molar refractivity (Wildman–Crippen MR) is 82.0 cm³/mol. The molecule has 1 aromatic rings. The smallest absolute Gasteiger partial charge is 0.235 e. The third-order valence-corrected chi connectivity index (χ3v) is 7.24. The molecular formula is C16H20FNO3S. The van der Waals surface area contributed by atoms with Crippen LogP contribution in [0.25, 0.3) is 0 Å². The summed E-state index contributed by atoms with van der Waals surface area (Å²) < 4.78 is 46.8. The number of ether oxygens (including phenoxy) is 1. The molecule has 1 atom stereocenters. The molecule has 22 heavy (non-hydrogen) atoms. The first-order valence-corrected chi connectivity index (χ1v) is 9.50. The van der Waals surface area contributed by atoms with Crippen LogP contribution in [0.2, 0.25) is 0 Å². The molecular weight excluding hydrogens is 305 g/mol. The average molecular weight is 325 g/mol. The lowest BCUT2D eigenvalue weighted by Crippen LogP contribution is -2.43. The van der Waals surface area contributed by atoms with Crippen molar-refractivity contribution in [3.05, 3.63) is 29.6 Å². The zero-order chi connectivity index (χ0) is 15.4. The van der Waals surface area contributed by atoms with E-state index in [1.165, 1.54) is 10.4 Å². The number of nitrogens with zero attached hydrogens (tertiary/aromatic N) is 1. The largest absolute Gasteiger partial charge is 0.381 e. The van der Waals surface area contributed by atoms with Crippen LogP contribution in [0.1, 0.15) is 31.2 Å². The van der Waals surface area contributed by atoms with Gasteiger partial charge in [-0.2, -0.15) is 0 Å². The predicted octanol–water partition coefficient (Wildman–Crippen LogP) is 2.43. The van der Waals surface area contributed by atoms with Gasteiger partial charge in [-0.05, 0) is 31.4 Å². The van der Waals surface area contributed by atoms with Crippen molar-refractivity contribution in [3.8, 4) is 0 Å². The molecule has 0 radical (unpaired) electrons. The molecule has 4 rings (SSSR count). The van der Waals surface area contributed by atoms with Crippen LogP contribution >= 0.6 is 0 Å². The molecule has 0 amide bonds. The molecule has 1 spiro atoms. The highest BCUT2D eigenvalue weighted by Crippen LogP contribution is 2.54. The first kappa shape index (κ1) is 14.5. The average Bonchev–Trinajstić information content (AvgIpc) is 3.03. The molecule has 2 heterocycles. The Morgan fingerprint density at radius 1 is 1.36 bits per heavy atom. The van der Waals surface area contributed by atoms with Crippen LogP contribution < -0.4 is 4.31 Å². The molecule has 1 unspecified atom stereocenters. The second kappa shape index (κ2) is 4.93. The van der Waals surface area contributed by atoms with Crippen LogP contribution in [0.3, 0.4) is 0 Å². The zero-order valence-electron chi connectivity index (χ0n) is 12.4. The van der Waals surface area contributed by atoms with Crippen LogP contribution in [0.5, 0.6) is 0 Å². The Hall–Kier alpha value is -1.14. The van der Waals surface area contributed by atoms with Gasteiger partial charge in [0.05, 0.1) is 18.0 Å². The molecule has 120 valence electrons. The van der Waals surface area contributed by atoms with Gasteiger partial charge in [-0.1, -0.05) is 12.5 Å². The van der Waals surface area contributed by atoms with Gasteiger partial charge in [0.15, 0.2) is 0 Å². The van der Waals surface area contributed by atoms with E-state index < -0.39 is 10.0 Å². The summed E-state index contributed by atoms with van der Waals surface area (Å²) in [6, 6.07) is 4.79. The minimum Gasteiger partial charge on any atom is -0.381 e. The van der Waals surface area contributed by atoms with Gasteiger partial charge < -0.3 is 4.74 Å². The normalized spacial score (nSPS) is 26.2. The van der Waals surface area contributed by atoms with Crippen LogP contribution in [-0.2, 0) is 20.2 Å². The summed E-state index contributed by atoms with van der Waals surface area (Å²) >= 11 is 0. The van der Waals surface area contributed by atoms with Crippen molar-refractivity contribution in [3.63, 3.8) is 0 Å². The first-order valence-electron chi connectivity index (χ1n) is 7.89. The van der Waals surface area contributed by atoms with Gasteiger partial charge in [0.2, 0.25) is 10.0 Å². The van der Waals surface area contributed by atoms with Crippen LogP contribution in [-0.4, -0.2) is 33.9 Å². The third kappa shape index (κ3) is 2.07. The van der Waals surface area contributed by atoms with Crippen molar-refractivity contribution in [1.29, 1.82) is 0 Å². The Morgan fingerprint density at radius 2 is 2.18 bits per heavy atom. The number of hydrogen-bond donors (Lipinski definition) is 0. The van der Waals surface area contributed by atoms with Crippen molar-refractivity contribution in [1.82, 2.24) is 0 Å². The molecule has 0 N–H and O–H groups in total. The molecule has 3 aliphatic rings. The monoisotopic (exact) mass is 325 g/mol. The second-order valence-electron chi connectivity index (χ2n) is 6.78. The minimum absolute atomic E-state index is 0.0555. The van der Waals surface area contributed by atoms with E-state index in [0.717, 1.165) is 25.7 Å². The quantitative estimate of drug-likeness (QED) is 0.857. The van der Waals surface area contributed by atoms with E-state index in [1.54, 1.807) is 12.1 Å². The number of fused-ring (bicyclic) bond motifs is 2. The van der Waals surface area contributed by atoms with E-state index in [1.807, 2.05) is 0 Å². The summed E-state index contributed by atoms with van der Waals surface area (Å²) in [6.07, 6.45) is 3.57. The summed E-state index contributed by atoms with van der Waals surface area (Å²) in [7, 11) is -3.43. The Kier molecular flexibility index (Phi) is 3.24. The molecule has 1 saturated heterocycles. The van der Waals surface area contributed by atoms with Crippen LogP contribution in [0.15, 0.2) is 18.2 Å². The van der Waals surface area contributed by atoms with Gasteiger partial charge in [-0.3, -0.25) is 4.31 Å². The number of rotatable bonds is 3. The van der Waals surface area contributed by atoms with Gasteiger partial charge >= 0.3 is 0 Å². The SMILES string of the molecule is O=S(=O)(CC1CCOC1)N1CC2(CCC2)c2c(F)cccc21. The number of halogens is 1. The number of benzene rings is 1. The zero-order valence-corrected chi connectivity index (χ0v) is 13.2. The molecule has 6 heteroatoms. The number of hydrogen-bond acceptors (Lipinski definition) is 3. The Morgan fingerprint density at radius 3 is 2.82 bits per heavy atom. The van der Waals surface area contributed by atoms with E-state index in [-0.39, 0.29) is 22.9 Å². The van der Waals surface area contributed by atoms with E-state index in [2.05, 4.69) is 0 Å². The fraction of sp³-hybridized carbons (Fsp3) is 0.625. The topological polar surface area (TPSA) is 46.6 Å². The molecule has 1 aromatic carbocycles. The molecule has 1 aliphatic carbocycles. The molecule has 0 bridgehead atoms. The van der Waals surface area contributed by atoms with Gasteiger partial charge in [0.25, 0.3) is 0 Å². The maximum absolute atomic E-state index is 14.3. The standard InChI is InChI=1S/C16H20FNO3S/c17-13-3-1-4-14-15(13)16(6-2-7-16)11-18(14)22(19,20)10-12-5-8-21-9-12/h1,3-4,12H,2,5-11H2. The number of sulfonamides is 1. The highest BCUT2D eigenvalue weighted by atomic mass is 32.2. The first-order chi connectivity index (χ1) is 10.5. The van der Waals surface area contributed by atoms with Gasteiger partial charge in [-0.25, -0.2) is 12.8 Å². The van der Waals surface area contributed by atoms with Gasteiger partial charge in [-0.15, -0.1) is 0 Å². The summed E-state index contributed by atoms with van der Waals surface area (Å²) in [5.74, 6) is -0.113. The van der Waals surface area contributed by atoms with E-state index in [0.29, 0.717) is 31.0 Å². The van der Waals surface area contributed by atoms with Crippen LogP contribution in [0.4, 0.5) is 10.1 Å². The lowest BCUT2D eigenvalue weighted by Gasteiger charge is -2.39. The summed E-state index contributed by atoms with van der Waals surface area (Å²) in [4.78, 5) is 0. The number of anilines is 1. The second-order valence-corrected chi connectivity index (χ2v) is 8.72. The highest BCUT2D eigenvalue weighted by Gasteiger charge is 2.51. The van der Waals surface area contributed by atoms with Gasteiger partial charge in [0, 0.05) is 30.0 Å². The molecule has 2 fully saturated rings. The molecule has 1 saturated carbocycles. The van der Waals surface area contributed by atoms with Crippen molar-refractivity contribution in [2.75, 3.05) is 29.8 Å². The Labute approximate surface area is 130 Å². The minimum atomic E-state index is -3.43. The maximum atomic E-state index is 14.3. The Balaban J connectivity index is 1.70. The molecule has 4 nitrogen and oxygen atoms in total. The van der Waals surface area contributed by atoms with Crippen molar-refractivity contribution < 1.29 is 17.5 Å². The molecule has 0 aromatic heterocycles. The third-order valence-electron chi connectivity index (χ3n) is 5.35. The van der Waals surface area contributed by atoms with Crippen molar-refractivity contribution in [2.45, 2.75) is 31.1 Å². The summed E-state index contributed by atoms with van der Waals surface area (Å²) in [5.41, 5.74) is 0.881. The van der Waals surface area contributed by atoms with Gasteiger partial charge in [0.1, 0.15) is 5.82 Å². The van der Waals surface area contributed by atoms with Crippen LogP contribution in [0, 0.1) is 11.7 Å². The fourth-order valence-electron chi connectivity index (χ4n) is 4.05. The van der Waals surface area contributed by atoms with E-state index in [9.17, 15) is 12.8 Å².